The number of nitrogens with one attached hydrogen (secondary N) is 3. The number of hydrogen-bond acceptors (Lipinski definition) is 5. The lowest BCUT2D eigenvalue weighted by Gasteiger charge is -2.35. The van der Waals surface area contributed by atoms with E-state index in [9.17, 15) is 14.7 Å². The van der Waals surface area contributed by atoms with Gasteiger partial charge in [0.2, 0.25) is 6.41 Å². The van der Waals surface area contributed by atoms with Crippen molar-refractivity contribution >= 4 is 34.9 Å². The lowest BCUT2D eigenvalue weighted by atomic mass is 9.70. The van der Waals surface area contributed by atoms with Crippen LogP contribution in [0.15, 0.2) is 72.9 Å². The van der Waals surface area contributed by atoms with Crippen LogP contribution in [0.5, 0.6) is 5.75 Å². The fourth-order valence-electron chi connectivity index (χ4n) is 4.11. The van der Waals surface area contributed by atoms with E-state index in [-0.39, 0.29) is 11.7 Å². The van der Waals surface area contributed by atoms with E-state index in [1.54, 1.807) is 36.5 Å². The molecule has 8 heteroatoms. The van der Waals surface area contributed by atoms with Gasteiger partial charge in [-0.15, -0.1) is 0 Å². The molecule has 2 aromatic heterocycles. The number of amides is 2. The molecular weight excluding hydrogens is 454 g/mol. The van der Waals surface area contributed by atoms with Gasteiger partial charge in [0.25, 0.3) is 5.91 Å². The summed E-state index contributed by atoms with van der Waals surface area (Å²) >= 11 is 0. The van der Waals surface area contributed by atoms with Crippen molar-refractivity contribution in [3.63, 3.8) is 0 Å². The molecule has 0 spiro atoms. The van der Waals surface area contributed by atoms with Crippen LogP contribution in [0, 0.1) is 11.8 Å². The summed E-state index contributed by atoms with van der Waals surface area (Å²) in [5, 5.41) is 14.6. The maximum absolute atomic E-state index is 12.2. The molecule has 1 saturated carbocycles. The number of aromatic amines is 1. The molecule has 184 valence electrons. The second-order valence-corrected chi connectivity index (χ2v) is 8.83. The number of fused-ring (bicyclic) bond motifs is 1. The number of phenols is 1. The number of allylic oxidation sites excluding steroid dienone is 1. The summed E-state index contributed by atoms with van der Waals surface area (Å²) in [5.74, 6) is 2.60. The molecular formula is C28H29N5O3. The third-order valence-corrected chi connectivity index (χ3v) is 6.41. The van der Waals surface area contributed by atoms with Gasteiger partial charge in [-0.05, 0) is 73.2 Å². The Labute approximate surface area is 209 Å². The van der Waals surface area contributed by atoms with E-state index in [4.69, 9.17) is 0 Å². The van der Waals surface area contributed by atoms with Gasteiger partial charge in [0.05, 0.1) is 17.2 Å². The van der Waals surface area contributed by atoms with Crippen LogP contribution in [0.3, 0.4) is 0 Å². The minimum absolute atomic E-state index is 0.107. The number of aromatic hydroxyl groups is 1. The minimum Gasteiger partial charge on any atom is -0.508 e. The SMILES string of the molecule is C=C1C(C)CC1CC.O=CNc1cc2nc(-c3ccc(NC(=O)c4ccc(O)cc4)cc3)[nH]c2cn1. The van der Waals surface area contributed by atoms with Crippen LogP contribution < -0.4 is 10.6 Å². The summed E-state index contributed by atoms with van der Waals surface area (Å²) < 4.78 is 0. The van der Waals surface area contributed by atoms with Gasteiger partial charge in [-0.2, -0.15) is 0 Å². The third kappa shape index (κ3) is 5.60. The van der Waals surface area contributed by atoms with E-state index in [0.29, 0.717) is 34.8 Å². The van der Waals surface area contributed by atoms with Crippen LogP contribution in [-0.2, 0) is 4.79 Å². The zero-order chi connectivity index (χ0) is 25.7. The maximum atomic E-state index is 12.2. The molecule has 2 unspecified atom stereocenters. The lowest BCUT2D eigenvalue weighted by Crippen LogP contribution is -2.23. The van der Waals surface area contributed by atoms with Crippen molar-refractivity contribution in [2.24, 2.45) is 11.8 Å². The van der Waals surface area contributed by atoms with E-state index >= 15 is 0 Å². The van der Waals surface area contributed by atoms with Gasteiger partial charge in [-0.1, -0.05) is 26.0 Å². The Morgan fingerprint density at radius 2 is 1.92 bits per heavy atom. The monoisotopic (exact) mass is 483 g/mol. The Bertz CT molecular complexity index is 1380. The predicted octanol–water partition coefficient (Wildman–Crippen LogP) is 5.76. The number of benzene rings is 2. The van der Waals surface area contributed by atoms with E-state index < -0.39 is 0 Å². The molecule has 8 nitrogen and oxygen atoms in total. The quantitative estimate of drug-likeness (QED) is 0.205. The Hall–Kier alpha value is -4.46. The van der Waals surface area contributed by atoms with Crippen LogP contribution in [0.4, 0.5) is 11.5 Å². The molecule has 2 atom stereocenters. The minimum atomic E-state index is -0.266. The van der Waals surface area contributed by atoms with Crippen molar-refractivity contribution in [2.75, 3.05) is 10.6 Å². The summed E-state index contributed by atoms with van der Waals surface area (Å²) in [7, 11) is 0. The van der Waals surface area contributed by atoms with Gasteiger partial charge in [0, 0.05) is 22.9 Å². The standard InChI is InChI=1S/C20H15N5O3.C8H14/c26-11-22-18-9-16-17(10-21-18)25-19(24-16)12-1-5-14(6-2-12)23-20(28)13-3-7-15(27)8-4-13;1-4-8-5-6(2)7(8)3/h1-11,27H,(H,23,28)(H,24,25)(H,21,22,26);6,8H,3-5H2,1-2H3. The second kappa shape index (κ2) is 10.9. The number of imidazole rings is 1. The van der Waals surface area contributed by atoms with Crippen molar-refractivity contribution in [3.8, 4) is 17.1 Å². The van der Waals surface area contributed by atoms with Gasteiger partial charge < -0.3 is 20.7 Å². The van der Waals surface area contributed by atoms with Gasteiger partial charge in [-0.3, -0.25) is 9.59 Å². The van der Waals surface area contributed by atoms with Crippen LogP contribution in [0.1, 0.15) is 37.0 Å². The zero-order valence-corrected chi connectivity index (χ0v) is 20.3. The molecule has 4 N–H and O–H groups in total. The highest BCUT2D eigenvalue weighted by molar-refractivity contribution is 6.04. The molecule has 2 aromatic carbocycles. The molecule has 1 aliphatic carbocycles. The topological polar surface area (TPSA) is 120 Å². The van der Waals surface area contributed by atoms with Gasteiger partial charge >= 0.3 is 0 Å². The van der Waals surface area contributed by atoms with Crippen molar-refractivity contribution in [2.45, 2.75) is 26.7 Å². The first-order valence-electron chi connectivity index (χ1n) is 11.8. The van der Waals surface area contributed by atoms with Gasteiger partial charge in [0.15, 0.2) is 0 Å². The van der Waals surface area contributed by atoms with Crippen LogP contribution in [0.25, 0.3) is 22.4 Å². The van der Waals surface area contributed by atoms with Crippen molar-refractivity contribution in [1.82, 2.24) is 15.0 Å². The van der Waals surface area contributed by atoms with E-state index in [1.807, 2.05) is 12.1 Å². The molecule has 0 radical (unpaired) electrons. The number of phenolic OH excluding ortho intramolecular Hbond substituents is 1. The number of anilines is 2. The largest absolute Gasteiger partial charge is 0.508 e. The van der Waals surface area contributed by atoms with Crippen LogP contribution in [0.2, 0.25) is 0 Å². The van der Waals surface area contributed by atoms with Gasteiger partial charge in [-0.25, -0.2) is 9.97 Å². The molecule has 0 bridgehead atoms. The summed E-state index contributed by atoms with van der Waals surface area (Å²) in [6, 6.07) is 14.9. The summed E-state index contributed by atoms with van der Waals surface area (Å²) in [6.45, 7) is 8.49. The molecule has 4 aromatic rings. The number of pyridine rings is 1. The molecule has 2 heterocycles. The third-order valence-electron chi connectivity index (χ3n) is 6.41. The van der Waals surface area contributed by atoms with Crippen molar-refractivity contribution < 1.29 is 14.7 Å². The second-order valence-electron chi connectivity index (χ2n) is 8.83. The average molecular weight is 484 g/mol. The number of hydrogen-bond donors (Lipinski definition) is 4. The number of aromatic nitrogens is 3. The number of H-pyrrole nitrogens is 1. The van der Waals surface area contributed by atoms with E-state index in [2.05, 4.69) is 46.0 Å². The average Bonchev–Trinajstić information content (AvgIpc) is 3.32. The first kappa shape index (κ1) is 24.7. The summed E-state index contributed by atoms with van der Waals surface area (Å²) in [4.78, 5) is 34.6. The highest BCUT2D eigenvalue weighted by Crippen LogP contribution is 2.39. The molecule has 5 rings (SSSR count). The first-order valence-corrected chi connectivity index (χ1v) is 11.8. The normalized spacial score (nSPS) is 16.4. The van der Waals surface area contributed by atoms with Crippen LogP contribution in [-0.4, -0.2) is 32.4 Å². The smallest absolute Gasteiger partial charge is 0.255 e. The number of nitrogens with zero attached hydrogens (tertiary/aromatic N) is 2. The molecule has 2 amide bonds. The zero-order valence-electron chi connectivity index (χ0n) is 20.3. The fourth-order valence-corrected chi connectivity index (χ4v) is 4.11. The molecule has 0 saturated heterocycles. The number of carbonyl (C=O) groups is 2. The molecule has 36 heavy (non-hydrogen) atoms. The maximum Gasteiger partial charge on any atom is 0.255 e. The molecule has 1 fully saturated rings. The van der Waals surface area contributed by atoms with E-state index in [1.165, 1.54) is 30.5 Å². The predicted molar refractivity (Wildman–Crippen MR) is 142 cm³/mol. The lowest BCUT2D eigenvalue weighted by molar-refractivity contribution is -0.105. The van der Waals surface area contributed by atoms with E-state index in [0.717, 1.165) is 22.9 Å². The number of carbonyl (C=O) groups excluding carboxylic acids is 2. The Morgan fingerprint density at radius 1 is 1.19 bits per heavy atom. The first-order chi connectivity index (χ1) is 17.4. The highest BCUT2D eigenvalue weighted by atomic mass is 16.3. The Kier molecular flexibility index (Phi) is 7.44. The van der Waals surface area contributed by atoms with Crippen molar-refractivity contribution in [3.05, 3.63) is 78.5 Å². The Balaban J connectivity index is 0.000000325. The summed E-state index contributed by atoms with van der Waals surface area (Å²) in [6.07, 6.45) is 4.84. The molecule has 0 aliphatic heterocycles. The van der Waals surface area contributed by atoms with Crippen molar-refractivity contribution in [1.29, 1.82) is 0 Å². The summed E-state index contributed by atoms with van der Waals surface area (Å²) in [5.41, 5.74) is 4.83. The Morgan fingerprint density at radius 3 is 2.50 bits per heavy atom. The number of rotatable bonds is 6. The molecule has 1 aliphatic rings. The van der Waals surface area contributed by atoms with Gasteiger partial charge in [0.1, 0.15) is 17.4 Å². The fraction of sp³-hybridized carbons (Fsp3) is 0.214. The highest BCUT2D eigenvalue weighted by Gasteiger charge is 2.27. The van der Waals surface area contributed by atoms with Crippen LogP contribution >= 0.6 is 0 Å².